The van der Waals surface area contributed by atoms with E-state index in [-0.39, 0.29) is 5.88 Å². The summed E-state index contributed by atoms with van der Waals surface area (Å²) >= 11 is 1.40. The van der Waals surface area contributed by atoms with Gasteiger partial charge >= 0.3 is 0 Å². The van der Waals surface area contributed by atoms with Crippen LogP contribution >= 0.6 is 11.3 Å². The van der Waals surface area contributed by atoms with E-state index in [0.29, 0.717) is 34.0 Å². The van der Waals surface area contributed by atoms with Gasteiger partial charge in [0.25, 0.3) is 0 Å². The number of ether oxygens (including phenoxy) is 2. The van der Waals surface area contributed by atoms with Gasteiger partial charge in [0.05, 0.1) is 18.7 Å². The van der Waals surface area contributed by atoms with Gasteiger partial charge in [0.1, 0.15) is 0 Å². The lowest BCUT2D eigenvalue weighted by Gasteiger charge is -2.08. The van der Waals surface area contributed by atoms with Gasteiger partial charge < -0.3 is 9.47 Å². The van der Waals surface area contributed by atoms with Gasteiger partial charge in [0.15, 0.2) is 28.4 Å². The van der Waals surface area contributed by atoms with Crippen molar-refractivity contribution >= 4 is 22.6 Å². The number of rotatable bonds is 4. The quantitative estimate of drug-likeness (QED) is 0.692. The van der Waals surface area contributed by atoms with E-state index >= 15 is 0 Å². The van der Waals surface area contributed by atoms with Crippen molar-refractivity contribution in [3.05, 3.63) is 41.0 Å². The summed E-state index contributed by atoms with van der Waals surface area (Å²) in [6, 6.07) is 6.81. The molecule has 0 bridgehead atoms. The first kappa shape index (κ1) is 13.1. The van der Waals surface area contributed by atoms with E-state index in [0.717, 1.165) is 0 Å². The number of hydrogen-bond acceptors (Lipinski definition) is 6. The number of thiazole rings is 1. The summed E-state index contributed by atoms with van der Waals surface area (Å²) in [5.41, 5.74) is 0.790. The number of benzene rings is 1. The molecule has 2 heterocycles. The summed E-state index contributed by atoms with van der Waals surface area (Å²) in [4.78, 5) is 16.2. The first-order valence-corrected chi connectivity index (χ1v) is 6.81. The predicted molar refractivity (Wildman–Crippen MR) is 76.2 cm³/mol. The fourth-order valence-corrected chi connectivity index (χ4v) is 2.60. The molecule has 0 saturated carbocycles. The van der Waals surface area contributed by atoms with Crippen LogP contribution in [-0.2, 0) is 0 Å². The lowest BCUT2D eigenvalue weighted by atomic mass is 10.2. The highest BCUT2D eigenvalue weighted by Crippen LogP contribution is 2.33. The molecule has 0 N–H and O–H groups in total. The molecule has 3 aromatic rings. The number of hydrogen-bond donors (Lipinski definition) is 0. The summed E-state index contributed by atoms with van der Waals surface area (Å²) in [7, 11) is 1.48. The molecule has 0 saturated heterocycles. The van der Waals surface area contributed by atoms with Crippen LogP contribution in [0.3, 0.4) is 0 Å². The fraction of sp³-hybridized carbons (Fsp3) is 0.0714. The van der Waals surface area contributed by atoms with Crippen LogP contribution < -0.4 is 9.47 Å². The van der Waals surface area contributed by atoms with Crippen molar-refractivity contribution in [2.75, 3.05) is 7.11 Å². The average Bonchev–Trinajstić information content (AvgIpc) is 3.08. The van der Waals surface area contributed by atoms with E-state index in [2.05, 4.69) is 4.98 Å². The zero-order valence-electron chi connectivity index (χ0n) is 10.9. The Labute approximate surface area is 123 Å². The topological polar surface area (TPSA) is 76.6 Å². The van der Waals surface area contributed by atoms with Gasteiger partial charge in [0.2, 0.25) is 5.88 Å². The van der Waals surface area contributed by atoms with Crippen molar-refractivity contribution in [3.63, 3.8) is 0 Å². The number of nitriles is 1. The maximum absolute atomic E-state index is 11.2. The molecule has 0 aliphatic carbocycles. The van der Waals surface area contributed by atoms with Crippen molar-refractivity contribution in [1.82, 2.24) is 9.38 Å². The van der Waals surface area contributed by atoms with Crippen molar-refractivity contribution in [2.45, 2.75) is 0 Å². The maximum Gasteiger partial charge on any atom is 0.250 e. The van der Waals surface area contributed by atoms with Gasteiger partial charge in [0, 0.05) is 17.6 Å². The first-order chi connectivity index (χ1) is 10.3. The molecule has 0 atom stereocenters. The van der Waals surface area contributed by atoms with E-state index in [9.17, 15) is 4.79 Å². The Kier molecular flexibility index (Phi) is 3.30. The highest BCUT2D eigenvalue weighted by atomic mass is 32.1. The third kappa shape index (κ3) is 2.22. The molecule has 21 heavy (non-hydrogen) atoms. The van der Waals surface area contributed by atoms with Crippen molar-refractivity contribution in [1.29, 1.82) is 5.26 Å². The molecular formula is C14H9N3O3S. The molecule has 1 aromatic carbocycles. The highest BCUT2D eigenvalue weighted by molar-refractivity contribution is 7.15. The van der Waals surface area contributed by atoms with Crippen molar-refractivity contribution in [2.24, 2.45) is 0 Å². The number of imidazole rings is 1. The number of aromatic nitrogens is 2. The number of fused-ring (bicyclic) bond motifs is 1. The van der Waals surface area contributed by atoms with Crippen LogP contribution in [0.4, 0.5) is 0 Å². The Hall–Kier alpha value is -2.85. The molecule has 0 spiro atoms. The average molecular weight is 299 g/mol. The van der Waals surface area contributed by atoms with E-state index in [4.69, 9.17) is 14.7 Å². The van der Waals surface area contributed by atoms with Crippen molar-refractivity contribution < 1.29 is 14.3 Å². The number of nitrogens with zero attached hydrogens (tertiary/aromatic N) is 3. The fourth-order valence-electron chi connectivity index (χ4n) is 1.89. The minimum atomic E-state index is 0.208. The molecule has 0 radical (unpaired) electrons. The third-order valence-corrected chi connectivity index (χ3v) is 3.63. The Morgan fingerprint density at radius 3 is 3.00 bits per heavy atom. The van der Waals surface area contributed by atoms with E-state index < -0.39 is 0 Å². The van der Waals surface area contributed by atoms with Crippen LogP contribution in [-0.4, -0.2) is 22.8 Å². The van der Waals surface area contributed by atoms with Gasteiger partial charge in [-0.25, -0.2) is 0 Å². The van der Waals surface area contributed by atoms with Gasteiger partial charge in [-0.1, -0.05) is 0 Å². The Morgan fingerprint density at radius 2 is 2.29 bits per heavy atom. The lowest BCUT2D eigenvalue weighted by Crippen LogP contribution is -1.95. The maximum atomic E-state index is 11.2. The molecule has 0 aliphatic rings. The van der Waals surface area contributed by atoms with Gasteiger partial charge in [-0.15, -0.1) is 11.3 Å². The van der Waals surface area contributed by atoms with E-state index in [1.54, 1.807) is 28.8 Å². The SMILES string of the molecule is COc1cc(C#N)ccc1Oc1nc2sccn2c1C=O. The molecule has 0 unspecified atom stereocenters. The number of aldehydes is 1. The molecule has 7 heteroatoms. The molecule has 104 valence electrons. The second kappa shape index (κ2) is 5.26. The van der Waals surface area contributed by atoms with E-state index in [1.165, 1.54) is 18.4 Å². The van der Waals surface area contributed by atoms with Gasteiger partial charge in [-0.2, -0.15) is 10.2 Å². The zero-order chi connectivity index (χ0) is 14.8. The largest absolute Gasteiger partial charge is 0.493 e. The molecular weight excluding hydrogens is 290 g/mol. The molecule has 0 fully saturated rings. The number of methoxy groups -OCH3 is 1. The molecule has 0 amide bonds. The highest BCUT2D eigenvalue weighted by Gasteiger charge is 2.16. The van der Waals surface area contributed by atoms with Crippen LogP contribution in [0, 0.1) is 11.3 Å². The first-order valence-electron chi connectivity index (χ1n) is 5.93. The van der Waals surface area contributed by atoms with Crippen LogP contribution in [0.15, 0.2) is 29.8 Å². The van der Waals surface area contributed by atoms with Crippen LogP contribution in [0.5, 0.6) is 17.4 Å². The second-order valence-corrected chi connectivity index (χ2v) is 4.93. The monoisotopic (exact) mass is 299 g/mol. The van der Waals surface area contributed by atoms with Crippen LogP contribution in [0.25, 0.3) is 4.96 Å². The number of carbonyl (C=O) groups excluding carboxylic acids is 1. The van der Waals surface area contributed by atoms with Crippen molar-refractivity contribution in [3.8, 4) is 23.4 Å². The lowest BCUT2D eigenvalue weighted by molar-refractivity contribution is 0.111. The normalized spacial score (nSPS) is 10.3. The minimum Gasteiger partial charge on any atom is -0.493 e. The minimum absolute atomic E-state index is 0.208. The standard InChI is InChI=1S/C14H9N3O3S/c1-19-12-6-9(7-15)2-3-11(12)20-13-10(8-18)17-4-5-21-14(17)16-13/h2-6,8H,1H3. The summed E-state index contributed by atoms with van der Waals surface area (Å²) in [6.45, 7) is 0. The molecule has 3 rings (SSSR count). The Bertz CT molecular complexity index is 860. The Balaban J connectivity index is 2.04. The molecule has 6 nitrogen and oxygen atoms in total. The number of carbonyl (C=O) groups is 1. The summed E-state index contributed by atoms with van der Waals surface area (Å²) in [5.74, 6) is 1.01. The Morgan fingerprint density at radius 1 is 1.43 bits per heavy atom. The summed E-state index contributed by atoms with van der Waals surface area (Å²) in [5, 5.41) is 10.7. The summed E-state index contributed by atoms with van der Waals surface area (Å²) in [6.07, 6.45) is 2.44. The predicted octanol–water partition coefficient (Wildman–Crippen LogP) is 2.88. The molecule has 0 aliphatic heterocycles. The second-order valence-electron chi connectivity index (χ2n) is 4.06. The smallest absolute Gasteiger partial charge is 0.250 e. The summed E-state index contributed by atoms with van der Waals surface area (Å²) < 4.78 is 12.5. The van der Waals surface area contributed by atoms with E-state index in [1.807, 2.05) is 11.4 Å². The zero-order valence-corrected chi connectivity index (χ0v) is 11.8. The third-order valence-electron chi connectivity index (χ3n) is 2.88. The van der Waals surface area contributed by atoms with Gasteiger partial charge in [-0.3, -0.25) is 9.20 Å². The van der Waals surface area contributed by atoms with Crippen LogP contribution in [0.1, 0.15) is 16.1 Å². The van der Waals surface area contributed by atoms with Gasteiger partial charge in [-0.05, 0) is 12.1 Å². The van der Waals surface area contributed by atoms with Crippen LogP contribution in [0.2, 0.25) is 0 Å². The molecule has 2 aromatic heterocycles.